The van der Waals surface area contributed by atoms with Crippen LogP contribution in [0.25, 0.3) is 10.2 Å². The number of thiazole rings is 1. The number of carbonyl (C=O) groups is 1. The van der Waals surface area contributed by atoms with Crippen molar-refractivity contribution in [2.24, 2.45) is 4.99 Å². The molecule has 0 saturated carbocycles. The SMILES string of the molecule is COCCn1c(=NC(=O)COc2ccc(Cl)cc2)sc2c(C)cc(C)cc21. The number of hydrogen-bond donors (Lipinski definition) is 0. The second kappa shape index (κ2) is 8.69. The van der Waals surface area contributed by atoms with Gasteiger partial charge in [-0.3, -0.25) is 4.79 Å². The van der Waals surface area contributed by atoms with Crippen molar-refractivity contribution in [3.63, 3.8) is 0 Å². The number of hydrogen-bond acceptors (Lipinski definition) is 4. The Labute approximate surface area is 166 Å². The monoisotopic (exact) mass is 404 g/mol. The smallest absolute Gasteiger partial charge is 0.286 e. The number of aryl methyl sites for hydroxylation is 2. The highest BCUT2D eigenvalue weighted by Gasteiger charge is 2.11. The van der Waals surface area contributed by atoms with E-state index in [1.54, 1.807) is 31.4 Å². The molecular weight excluding hydrogens is 384 g/mol. The molecule has 0 unspecified atom stereocenters. The normalized spacial score (nSPS) is 11.9. The van der Waals surface area contributed by atoms with E-state index in [2.05, 4.69) is 31.0 Å². The minimum absolute atomic E-state index is 0.127. The first-order chi connectivity index (χ1) is 13.0. The summed E-state index contributed by atoms with van der Waals surface area (Å²) in [5.74, 6) is 0.245. The Bertz CT molecular complexity index is 1020. The lowest BCUT2D eigenvalue weighted by molar-refractivity contribution is -0.120. The zero-order valence-corrected chi connectivity index (χ0v) is 17.1. The van der Waals surface area contributed by atoms with Gasteiger partial charge in [-0.25, -0.2) is 0 Å². The van der Waals surface area contributed by atoms with E-state index in [9.17, 15) is 4.79 Å². The molecule has 7 heteroatoms. The fourth-order valence-electron chi connectivity index (χ4n) is 2.81. The predicted octanol–water partition coefficient (Wildman–Crippen LogP) is 4.13. The summed E-state index contributed by atoms with van der Waals surface area (Å²) >= 11 is 7.36. The molecule has 1 aromatic heterocycles. The van der Waals surface area contributed by atoms with Gasteiger partial charge in [0.1, 0.15) is 5.75 Å². The minimum atomic E-state index is -0.336. The van der Waals surface area contributed by atoms with Crippen LogP contribution in [0.1, 0.15) is 11.1 Å². The van der Waals surface area contributed by atoms with Crippen molar-refractivity contribution >= 4 is 39.1 Å². The minimum Gasteiger partial charge on any atom is -0.484 e. The van der Waals surface area contributed by atoms with Gasteiger partial charge in [-0.1, -0.05) is 29.0 Å². The van der Waals surface area contributed by atoms with Crippen LogP contribution < -0.4 is 9.54 Å². The molecule has 0 N–H and O–H groups in total. The van der Waals surface area contributed by atoms with Crippen LogP contribution in [-0.2, 0) is 16.1 Å². The van der Waals surface area contributed by atoms with E-state index in [1.807, 2.05) is 4.57 Å². The van der Waals surface area contributed by atoms with Gasteiger partial charge in [0.15, 0.2) is 11.4 Å². The molecule has 142 valence electrons. The molecule has 1 heterocycles. The molecule has 0 saturated heterocycles. The largest absolute Gasteiger partial charge is 0.484 e. The number of carbonyl (C=O) groups excluding carboxylic acids is 1. The number of halogens is 1. The molecule has 0 spiro atoms. The van der Waals surface area contributed by atoms with Crippen molar-refractivity contribution in [3.05, 3.63) is 57.3 Å². The lowest BCUT2D eigenvalue weighted by Gasteiger charge is -2.06. The molecule has 0 aliphatic heterocycles. The Morgan fingerprint density at radius 1 is 1.22 bits per heavy atom. The van der Waals surface area contributed by atoms with Crippen LogP contribution >= 0.6 is 22.9 Å². The van der Waals surface area contributed by atoms with Crippen LogP contribution in [0.5, 0.6) is 5.75 Å². The number of fused-ring (bicyclic) bond motifs is 1. The number of ether oxygens (including phenoxy) is 2. The van der Waals surface area contributed by atoms with Gasteiger partial charge in [-0.05, 0) is 55.3 Å². The summed E-state index contributed by atoms with van der Waals surface area (Å²) in [5.41, 5.74) is 3.42. The van der Waals surface area contributed by atoms with Gasteiger partial charge in [-0.15, -0.1) is 0 Å². The Morgan fingerprint density at radius 3 is 2.67 bits per heavy atom. The summed E-state index contributed by atoms with van der Waals surface area (Å²) in [6.07, 6.45) is 0. The molecular formula is C20H21ClN2O3S. The molecule has 5 nitrogen and oxygen atoms in total. The van der Waals surface area contributed by atoms with E-state index in [0.29, 0.717) is 28.7 Å². The summed E-state index contributed by atoms with van der Waals surface area (Å²) in [6.45, 7) is 5.18. The summed E-state index contributed by atoms with van der Waals surface area (Å²) in [6, 6.07) is 11.1. The highest BCUT2D eigenvalue weighted by atomic mass is 35.5. The van der Waals surface area contributed by atoms with Crippen molar-refractivity contribution in [1.82, 2.24) is 4.57 Å². The van der Waals surface area contributed by atoms with Crippen molar-refractivity contribution < 1.29 is 14.3 Å². The van der Waals surface area contributed by atoms with E-state index in [1.165, 1.54) is 22.5 Å². The summed E-state index contributed by atoms with van der Waals surface area (Å²) in [4.78, 5) is 17.3. The number of rotatable bonds is 6. The van der Waals surface area contributed by atoms with Crippen LogP contribution in [0.4, 0.5) is 0 Å². The maximum Gasteiger partial charge on any atom is 0.286 e. The molecule has 2 aromatic carbocycles. The molecule has 0 radical (unpaired) electrons. The zero-order valence-electron chi connectivity index (χ0n) is 15.5. The number of methoxy groups -OCH3 is 1. The first-order valence-electron chi connectivity index (χ1n) is 8.53. The van der Waals surface area contributed by atoms with E-state index in [-0.39, 0.29) is 12.5 Å². The van der Waals surface area contributed by atoms with Crippen LogP contribution in [0, 0.1) is 13.8 Å². The van der Waals surface area contributed by atoms with Gasteiger partial charge in [0.25, 0.3) is 5.91 Å². The third-order valence-corrected chi connectivity index (χ3v) is 5.51. The van der Waals surface area contributed by atoms with E-state index >= 15 is 0 Å². The van der Waals surface area contributed by atoms with Crippen molar-refractivity contribution in [2.75, 3.05) is 20.3 Å². The molecule has 0 fully saturated rings. The average molecular weight is 405 g/mol. The number of amides is 1. The maximum absolute atomic E-state index is 12.4. The molecule has 0 bridgehead atoms. The van der Waals surface area contributed by atoms with Crippen LogP contribution in [-0.4, -0.2) is 30.8 Å². The third kappa shape index (κ3) is 4.77. The number of nitrogens with zero attached hydrogens (tertiary/aromatic N) is 2. The Kier molecular flexibility index (Phi) is 6.31. The molecule has 0 aliphatic rings. The summed E-state index contributed by atoms with van der Waals surface area (Å²) in [7, 11) is 1.66. The second-order valence-electron chi connectivity index (χ2n) is 6.21. The molecule has 27 heavy (non-hydrogen) atoms. The molecule has 0 aliphatic carbocycles. The fourth-order valence-corrected chi connectivity index (χ4v) is 4.06. The second-order valence-corrected chi connectivity index (χ2v) is 7.62. The summed E-state index contributed by atoms with van der Waals surface area (Å²) < 4.78 is 13.9. The van der Waals surface area contributed by atoms with E-state index in [4.69, 9.17) is 21.1 Å². The van der Waals surface area contributed by atoms with Gasteiger partial charge < -0.3 is 14.0 Å². The predicted molar refractivity (Wildman–Crippen MR) is 109 cm³/mol. The Balaban J connectivity index is 1.90. The molecule has 3 rings (SSSR count). The van der Waals surface area contributed by atoms with E-state index in [0.717, 1.165) is 10.2 Å². The van der Waals surface area contributed by atoms with Gasteiger partial charge in [-0.2, -0.15) is 4.99 Å². The lowest BCUT2D eigenvalue weighted by Crippen LogP contribution is -2.21. The van der Waals surface area contributed by atoms with Crippen LogP contribution in [0.15, 0.2) is 41.4 Å². The first-order valence-corrected chi connectivity index (χ1v) is 9.73. The van der Waals surface area contributed by atoms with Crippen molar-refractivity contribution in [2.45, 2.75) is 20.4 Å². The number of benzene rings is 2. The fraction of sp³-hybridized carbons (Fsp3) is 0.300. The average Bonchev–Trinajstić information content (AvgIpc) is 2.97. The van der Waals surface area contributed by atoms with Gasteiger partial charge >= 0.3 is 0 Å². The van der Waals surface area contributed by atoms with Crippen molar-refractivity contribution in [1.29, 1.82) is 0 Å². The molecule has 1 amide bonds. The van der Waals surface area contributed by atoms with Gasteiger partial charge in [0.05, 0.1) is 16.8 Å². The summed E-state index contributed by atoms with van der Waals surface area (Å²) in [5, 5.41) is 0.619. The topological polar surface area (TPSA) is 52.8 Å². The van der Waals surface area contributed by atoms with Gasteiger partial charge in [0, 0.05) is 18.7 Å². The zero-order chi connectivity index (χ0) is 19.4. The Morgan fingerprint density at radius 2 is 1.96 bits per heavy atom. The van der Waals surface area contributed by atoms with E-state index < -0.39 is 0 Å². The van der Waals surface area contributed by atoms with Crippen LogP contribution in [0.3, 0.4) is 0 Å². The van der Waals surface area contributed by atoms with Gasteiger partial charge in [0.2, 0.25) is 0 Å². The third-order valence-electron chi connectivity index (χ3n) is 4.03. The highest BCUT2D eigenvalue weighted by molar-refractivity contribution is 7.16. The first kappa shape index (κ1) is 19.6. The number of aromatic nitrogens is 1. The standard InChI is InChI=1S/C20H21ClN2O3S/c1-13-10-14(2)19-17(11-13)23(8-9-25-3)20(27-19)22-18(24)12-26-16-6-4-15(21)5-7-16/h4-7,10-11H,8-9,12H2,1-3H3. The Hall–Kier alpha value is -2.15. The lowest BCUT2D eigenvalue weighted by atomic mass is 10.1. The molecule has 3 aromatic rings. The van der Waals surface area contributed by atoms with Crippen molar-refractivity contribution in [3.8, 4) is 5.75 Å². The molecule has 0 atom stereocenters. The maximum atomic E-state index is 12.4. The highest BCUT2D eigenvalue weighted by Crippen LogP contribution is 2.23. The van der Waals surface area contributed by atoms with Crippen LogP contribution in [0.2, 0.25) is 5.02 Å². The quantitative estimate of drug-likeness (QED) is 0.620.